The van der Waals surface area contributed by atoms with E-state index in [9.17, 15) is 0 Å². The van der Waals surface area contributed by atoms with E-state index in [1.807, 2.05) is 52.0 Å². The predicted molar refractivity (Wildman–Crippen MR) is 94.7 cm³/mol. The summed E-state index contributed by atoms with van der Waals surface area (Å²) in [4.78, 5) is 8.80. The van der Waals surface area contributed by atoms with Crippen molar-refractivity contribution in [3.05, 3.63) is 35.6 Å². The second-order valence-corrected chi connectivity index (χ2v) is 7.11. The molecule has 1 aromatic heterocycles. The van der Waals surface area contributed by atoms with Crippen molar-refractivity contribution in [3.63, 3.8) is 0 Å². The van der Waals surface area contributed by atoms with Crippen LogP contribution >= 0.6 is 11.6 Å². The lowest BCUT2D eigenvalue weighted by molar-refractivity contribution is 0.00578. The molecule has 0 atom stereocenters. The van der Waals surface area contributed by atoms with Gasteiger partial charge in [0.1, 0.15) is 10.9 Å². The molecule has 2 heterocycles. The number of halogens is 1. The Hall–Kier alpha value is -1.63. The fourth-order valence-corrected chi connectivity index (χ4v) is 2.60. The van der Waals surface area contributed by atoms with E-state index in [4.69, 9.17) is 25.6 Å². The van der Waals surface area contributed by atoms with Crippen LogP contribution in [0.1, 0.15) is 27.7 Å². The Morgan fingerprint density at radius 1 is 1.04 bits per heavy atom. The van der Waals surface area contributed by atoms with Crippen molar-refractivity contribution in [3.8, 4) is 17.1 Å². The molecule has 0 bridgehead atoms. The lowest BCUT2D eigenvalue weighted by Crippen LogP contribution is -2.41. The highest BCUT2D eigenvalue weighted by Gasteiger charge is 2.52. The summed E-state index contributed by atoms with van der Waals surface area (Å²) < 4.78 is 17.2. The molecule has 24 heavy (non-hydrogen) atoms. The monoisotopic (exact) mass is 346 g/mol. The average molecular weight is 347 g/mol. The average Bonchev–Trinajstić information content (AvgIpc) is 2.75. The summed E-state index contributed by atoms with van der Waals surface area (Å²) in [5.74, 6) is 1.32. The molecular weight excluding hydrogens is 326 g/mol. The first-order chi connectivity index (χ1) is 11.2. The number of benzene rings is 1. The number of hydrogen-bond acceptors (Lipinski definition) is 5. The van der Waals surface area contributed by atoms with Gasteiger partial charge in [0.05, 0.1) is 18.3 Å². The number of aromatic nitrogens is 2. The molecule has 0 unspecified atom stereocenters. The highest BCUT2D eigenvalue weighted by molar-refractivity contribution is 6.65. The molecule has 0 aliphatic carbocycles. The highest BCUT2D eigenvalue weighted by atomic mass is 35.5. The Bertz CT molecular complexity index is 734. The van der Waals surface area contributed by atoms with Crippen molar-refractivity contribution >= 4 is 24.2 Å². The van der Waals surface area contributed by atoms with Crippen LogP contribution in [0.4, 0.5) is 0 Å². The van der Waals surface area contributed by atoms with Crippen molar-refractivity contribution in [2.75, 3.05) is 7.11 Å². The third kappa shape index (κ3) is 3.01. The smallest absolute Gasteiger partial charge is 0.497 e. The summed E-state index contributed by atoms with van der Waals surface area (Å²) >= 11 is 6.37. The van der Waals surface area contributed by atoms with Crippen LogP contribution in [0.5, 0.6) is 5.75 Å². The summed E-state index contributed by atoms with van der Waals surface area (Å²) in [6, 6.07) is 7.49. The second kappa shape index (κ2) is 6.03. The van der Waals surface area contributed by atoms with Gasteiger partial charge in [0.15, 0.2) is 5.82 Å². The fraction of sp³-hybridized carbons (Fsp3) is 0.412. The number of ether oxygens (including phenoxy) is 1. The second-order valence-electron chi connectivity index (χ2n) is 6.76. The molecule has 1 aliphatic heterocycles. The highest BCUT2D eigenvalue weighted by Crippen LogP contribution is 2.36. The van der Waals surface area contributed by atoms with Crippen LogP contribution in [0.3, 0.4) is 0 Å². The molecule has 0 N–H and O–H groups in total. The minimum Gasteiger partial charge on any atom is -0.497 e. The van der Waals surface area contributed by atoms with Crippen LogP contribution in [0, 0.1) is 0 Å². The molecular formula is C17H20BClN2O3. The maximum Gasteiger partial charge on any atom is 0.499 e. The van der Waals surface area contributed by atoms with Gasteiger partial charge in [-0.15, -0.1) is 0 Å². The van der Waals surface area contributed by atoms with Crippen LogP contribution in [-0.2, 0) is 9.31 Å². The third-order valence-electron chi connectivity index (χ3n) is 4.62. The maximum absolute atomic E-state index is 6.37. The first kappa shape index (κ1) is 17.2. The lowest BCUT2D eigenvalue weighted by Gasteiger charge is -2.32. The topological polar surface area (TPSA) is 53.5 Å². The van der Waals surface area contributed by atoms with E-state index in [2.05, 4.69) is 9.97 Å². The van der Waals surface area contributed by atoms with Gasteiger partial charge in [-0.3, -0.25) is 0 Å². The van der Waals surface area contributed by atoms with Crippen LogP contribution in [0.2, 0.25) is 5.15 Å². The number of hydrogen-bond donors (Lipinski definition) is 0. The first-order valence-corrected chi connectivity index (χ1v) is 8.14. The minimum absolute atomic E-state index is 0.328. The molecule has 126 valence electrons. The van der Waals surface area contributed by atoms with Gasteiger partial charge in [-0.25, -0.2) is 9.97 Å². The Kier molecular flexibility index (Phi) is 4.32. The standard InChI is InChI=1S/C17H20BClN2O3/c1-16(2)17(3,4)24-18(23-16)13-10-20-15(21-14(13)19)11-6-8-12(22-5)9-7-11/h6-10H,1-5H3. The van der Waals surface area contributed by atoms with E-state index in [0.717, 1.165) is 11.3 Å². The zero-order chi connectivity index (χ0) is 17.5. The van der Waals surface area contributed by atoms with E-state index in [1.165, 1.54) is 0 Å². The minimum atomic E-state index is -0.576. The van der Waals surface area contributed by atoms with E-state index < -0.39 is 18.3 Å². The number of nitrogens with zero attached hydrogens (tertiary/aromatic N) is 2. The molecule has 0 radical (unpaired) electrons. The van der Waals surface area contributed by atoms with E-state index in [-0.39, 0.29) is 0 Å². The van der Waals surface area contributed by atoms with Crippen molar-refractivity contribution < 1.29 is 14.0 Å². The largest absolute Gasteiger partial charge is 0.499 e. The molecule has 3 rings (SSSR count). The summed E-state index contributed by atoms with van der Waals surface area (Å²) in [5.41, 5.74) is 0.622. The normalized spacial score (nSPS) is 18.7. The van der Waals surface area contributed by atoms with E-state index >= 15 is 0 Å². The fourth-order valence-electron chi connectivity index (χ4n) is 2.38. The molecule has 0 saturated carbocycles. The zero-order valence-corrected chi connectivity index (χ0v) is 15.2. The molecule has 1 aliphatic rings. The van der Waals surface area contributed by atoms with Crippen molar-refractivity contribution in [2.24, 2.45) is 0 Å². The molecule has 0 spiro atoms. The van der Waals surface area contributed by atoms with Crippen LogP contribution in [-0.4, -0.2) is 35.4 Å². The molecule has 1 aromatic carbocycles. The molecule has 1 fully saturated rings. The van der Waals surface area contributed by atoms with Gasteiger partial charge in [-0.05, 0) is 52.0 Å². The van der Waals surface area contributed by atoms with Crippen molar-refractivity contribution in [1.29, 1.82) is 0 Å². The van der Waals surface area contributed by atoms with Gasteiger partial charge in [0.25, 0.3) is 0 Å². The quantitative estimate of drug-likeness (QED) is 0.631. The predicted octanol–water partition coefficient (Wildman–Crippen LogP) is 3.10. The Morgan fingerprint density at radius 2 is 1.62 bits per heavy atom. The van der Waals surface area contributed by atoms with E-state index in [0.29, 0.717) is 16.4 Å². The molecule has 1 saturated heterocycles. The molecule has 7 heteroatoms. The van der Waals surface area contributed by atoms with Gasteiger partial charge in [-0.1, -0.05) is 11.6 Å². The van der Waals surface area contributed by atoms with E-state index in [1.54, 1.807) is 13.3 Å². The van der Waals surface area contributed by atoms with Gasteiger partial charge in [-0.2, -0.15) is 0 Å². The SMILES string of the molecule is COc1ccc(-c2ncc(B3OC(C)(C)C(C)(C)O3)c(Cl)n2)cc1. The Labute approximate surface area is 147 Å². The summed E-state index contributed by atoms with van der Waals surface area (Å²) in [6.45, 7) is 7.97. The third-order valence-corrected chi connectivity index (χ3v) is 4.93. The van der Waals surface area contributed by atoms with Crippen molar-refractivity contribution in [1.82, 2.24) is 9.97 Å². The van der Waals surface area contributed by atoms with Crippen LogP contribution in [0.15, 0.2) is 30.5 Å². The van der Waals surface area contributed by atoms with Gasteiger partial charge >= 0.3 is 7.12 Å². The van der Waals surface area contributed by atoms with Gasteiger partial charge < -0.3 is 14.0 Å². The van der Waals surface area contributed by atoms with Crippen LogP contribution in [0.25, 0.3) is 11.4 Å². The summed E-state index contributed by atoms with van der Waals surface area (Å²) in [5, 5.41) is 0.328. The molecule has 0 amide bonds. The van der Waals surface area contributed by atoms with Gasteiger partial charge in [0.2, 0.25) is 0 Å². The van der Waals surface area contributed by atoms with Gasteiger partial charge in [0, 0.05) is 17.2 Å². The zero-order valence-electron chi connectivity index (χ0n) is 14.5. The Balaban J connectivity index is 1.88. The number of methoxy groups -OCH3 is 1. The maximum atomic E-state index is 6.37. The molecule has 2 aromatic rings. The summed E-state index contributed by atoms with van der Waals surface area (Å²) in [7, 11) is 1.05. The number of rotatable bonds is 3. The molecule has 5 nitrogen and oxygen atoms in total. The van der Waals surface area contributed by atoms with Crippen molar-refractivity contribution in [2.45, 2.75) is 38.9 Å². The Morgan fingerprint density at radius 3 is 2.12 bits per heavy atom. The van der Waals surface area contributed by atoms with Crippen LogP contribution < -0.4 is 10.2 Å². The summed E-state index contributed by atoms with van der Waals surface area (Å²) in [6.07, 6.45) is 1.66. The first-order valence-electron chi connectivity index (χ1n) is 7.76. The lowest BCUT2D eigenvalue weighted by atomic mass is 9.81.